The van der Waals surface area contributed by atoms with Gasteiger partial charge in [-0.3, -0.25) is 9.59 Å². The zero-order valence-electron chi connectivity index (χ0n) is 16.9. The van der Waals surface area contributed by atoms with Crippen LogP contribution in [-0.2, 0) is 0 Å². The van der Waals surface area contributed by atoms with E-state index in [0.29, 0.717) is 16.8 Å². The molecule has 2 aromatic carbocycles. The smallest absolute Gasteiger partial charge is 0.256 e. The van der Waals surface area contributed by atoms with Gasteiger partial charge in [-0.25, -0.2) is 4.98 Å². The summed E-state index contributed by atoms with van der Waals surface area (Å²) < 4.78 is 0.900. The molecule has 2 N–H and O–H groups in total. The molecule has 0 saturated carbocycles. The third kappa shape index (κ3) is 6.18. The highest BCUT2D eigenvalue weighted by Gasteiger charge is 2.16. The number of nitrogens with one attached hydrogen (secondary N) is 2. The second-order valence-electron chi connectivity index (χ2n) is 7.65. The van der Waals surface area contributed by atoms with Gasteiger partial charge in [-0.2, -0.15) is 0 Å². The van der Waals surface area contributed by atoms with Crippen LogP contribution in [0.15, 0.2) is 81.3 Å². The van der Waals surface area contributed by atoms with E-state index in [-0.39, 0.29) is 17.4 Å². The van der Waals surface area contributed by atoms with Crippen LogP contribution < -0.4 is 10.6 Å². The lowest BCUT2D eigenvalue weighted by molar-refractivity contribution is 0.0919. The maximum absolute atomic E-state index is 12.9. The number of hydrogen-bond donors (Lipinski definition) is 2. The van der Waals surface area contributed by atoms with Crippen LogP contribution in [0.2, 0.25) is 0 Å². The minimum atomic E-state index is -0.310. The number of rotatable bonds is 5. The predicted octanol–water partition coefficient (Wildman–Crippen LogP) is 5.78. The van der Waals surface area contributed by atoms with Gasteiger partial charge >= 0.3 is 0 Å². The van der Waals surface area contributed by atoms with E-state index in [1.54, 1.807) is 36.5 Å². The van der Waals surface area contributed by atoms with Gasteiger partial charge < -0.3 is 10.6 Å². The topological polar surface area (TPSA) is 71.1 Å². The monoisotopic (exact) mass is 483 g/mol. The van der Waals surface area contributed by atoms with Crippen molar-refractivity contribution in [1.29, 1.82) is 0 Å². The third-order valence-corrected chi connectivity index (χ3v) is 5.44. The van der Waals surface area contributed by atoms with Gasteiger partial charge in [-0.05, 0) is 85.2 Å². The first kappa shape index (κ1) is 22.1. The predicted molar refractivity (Wildman–Crippen MR) is 124 cm³/mol. The summed E-state index contributed by atoms with van der Waals surface area (Å²) in [6, 6.07) is 18.0. The molecule has 5 nitrogen and oxygen atoms in total. The Hall–Kier alpha value is -2.64. The Balaban J connectivity index is 1.72. The minimum Gasteiger partial charge on any atom is -0.347 e. The largest absolute Gasteiger partial charge is 0.347 e. The van der Waals surface area contributed by atoms with Crippen LogP contribution in [-0.4, -0.2) is 22.3 Å². The van der Waals surface area contributed by atoms with E-state index in [9.17, 15) is 9.59 Å². The Kier molecular flexibility index (Phi) is 6.95. The molecule has 0 bridgehead atoms. The molecule has 2 amide bonds. The molecule has 0 spiro atoms. The molecule has 1 aromatic heterocycles. The van der Waals surface area contributed by atoms with Gasteiger partial charge in [-0.15, -0.1) is 0 Å². The number of aromatic nitrogens is 1. The Morgan fingerprint density at radius 1 is 0.933 bits per heavy atom. The Morgan fingerprint density at radius 3 is 2.27 bits per heavy atom. The molecule has 0 fully saturated rings. The summed E-state index contributed by atoms with van der Waals surface area (Å²) in [5, 5.41) is 6.61. The highest BCUT2D eigenvalue weighted by atomic mass is 79.9. The molecule has 3 aromatic rings. The molecule has 0 saturated heterocycles. The summed E-state index contributed by atoms with van der Waals surface area (Å²) in [4.78, 5) is 30.3. The van der Waals surface area contributed by atoms with Gasteiger partial charge in [-0.1, -0.05) is 23.9 Å². The maximum Gasteiger partial charge on any atom is 0.256 e. The van der Waals surface area contributed by atoms with Crippen LogP contribution in [0.3, 0.4) is 0 Å². The van der Waals surface area contributed by atoms with Crippen molar-refractivity contribution < 1.29 is 9.59 Å². The van der Waals surface area contributed by atoms with Crippen molar-refractivity contribution in [3.63, 3.8) is 0 Å². The molecule has 0 atom stereocenters. The van der Waals surface area contributed by atoms with Crippen molar-refractivity contribution in [1.82, 2.24) is 10.3 Å². The van der Waals surface area contributed by atoms with E-state index < -0.39 is 0 Å². The molecule has 3 rings (SSSR count). The van der Waals surface area contributed by atoms with E-state index in [0.717, 1.165) is 14.4 Å². The van der Waals surface area contributed by atoms with Crippen molar-refractivity contribution in [2.45, 2.75) is 36.2 Å². The first-order chi connectivity index (χ1) is 14.2. The van der Waals surface area contributed by atoms with Crippen LogP contribution in [0, 0.1) is 0 Å². The van der Waals surface area contributed by atoms with Gasteiger partial charge in [0.05, 0.1) is 5.56 Å². The van der Waals surface area contributed by atoms with Crippen LogP contribution in [0.5, 0.6) is 0 Å². The number of benzene rings is 2. The Morgan fingerprint density at radius 2 is 1.63 bits per heavy atom. The van der Waals surface area contributed by atoms with Gasteiger partial charge in [0.1, 0.15) is 5.03 Å². The number of carbonyl (C=O) groups is 2. The molecule has 154 valence electrons. The third-order valence-electron chi connectivity index (χ3n) is 3.94. The summed E-state index contributed by atoms with van der Waals surface area (Å²) in [5.74, 6) is -0.369. The van der Waals surface area contributed by atoms with E-state index in [1.165, 1.54) is 11.8 Å². The summed E-state index contributed by atoms with van der Waals surface area (Å²) >= 11 is 4.80. The molecule has 7 heteroatoms. The summed E-state index contributed by atoms with van der Waals surface area (Å²) in [6.45, 7) is 5.79. The second-order valence-corrected chi connectivity index (χ2v) is 9.63. The van der Waals surface area contributed by atoms with E-state index in [4.69, 9.17) is 0 Å². The zero-order chi connectivity index (χ0) is 21.7. The standard InChI is InChI=1S/C23H22BrN3O2S/c1-23(2,3)27-21(28)15-8-11-17(12-9-15)26-22(29)18-6-4-5-7-19(18)30-20-13-10-16(24)14-25-20/h4-14H,1-3H3,(H,26,29)(H,27,28). The van der Waals surface area contributed by atoms with Crippen LogP contribution in [0.4, 0.5) is 5.69 Å². The first-order valence-electron chi connectivity index (χ1n) is 9.34. The van der Waals surface area contributed by atoms with Gasteiger partial charge in [0.25, 0.3) is 11.8 Å². The molecule has 0 aliphatic heterocycles. The number of amides is 2. The molecule has 0 radical (unpaired) electrons. The lowest BCUT2D eigenvalue weighted by atomic mass is 10.1. The molecular formula is C23H22BrN3O2S. The van der Waals surface area contributed by atoms with E-state index in [1.807, 2.05) is 51.1 Å². The highest BCUT2D eigenvalue weighted by molar-refractivity contribution is 9.10. The molecular weight excluding hydrogens is 462 g/mol. The van der Waals surface area contributed by atoms with Crippen molar-refractivity contribution in [3.05, 3.63) is 82.5 Å². The quantitative estimate of drug-likeness (QED) is 0.482. The fourth-order valence-electron chi connectivity index (χ4n) is 2.59. The molecule has 0 unspecified atom stereocenters. The number of anilines is 1. The molecule has 30 heavy (non-hydrogen) atoms. The number of carbonyl (C=O) groups excluding carboxylic acids is 2. The Labute approximate surface area is 188 Å². The maximum atomic E-state index is 12.9. The van der Waals surface area contributed by atoms with Gasteiger partial charge in [0.15, 0.2) is 0 Å². The number of halogens is 1. The average molecular weight is 484 g/mol. The molecule has 0 aliphatic carbocycles. The number of pyridine rings is 1. The van der Waals surface area contributed by atoms with E-state index in [2.05, 4.69) is 31.5 Å². The summed E-state index contributed by atoms with van der Waals surface area (Å²) in [7, 11) is 0. The first-order valence-corrected chi connectivity index (χ1v) is 10.9. The minimum absolute atomic E-state index is 0.149. The lowest BCUT2D eigenvalue weighted by Gasteiger charge is -2.20. The van der Waals surface area contributed by atoms with Crippen LogP contribution in [0.25, 0.3) is 0 Å². The Bertz CT molecular complexity index is 1050. The number of hydrogen-bond acceptors (Lipinski definition) is 4. The van der Waals surface area contributed by atoms with Crippen molar-refractivity contribution in [2.75, 3.05) is 5.32 Å². The van der Waals surface area contributed by atoms with Crippen molar-refractivity contribution in [2.24, 2.45) is 0 Å². The summed E-state index contributed by atoms with van der Waals surface area (Å²) in [6.07, 6.45) is 1.72. The SMILES string of the molecule is CC(C)(C)NC(=O)c1ccc(NC(=O)c2ccccc2Sc2ccc(Br)cn2)cc1. The summed E-state index contributed by atoms with van der Waals surface area (Å²) in [5.41, 5.74) is 1.41. The molecule has 1 heterocycles. The molecule has 0 aliphatic rings. The highest BCUT2D eigenvalue weighted by Crippen LogP contribution is 2.30. The zero-order valence-corrected chi connectivity index (χ0v) is 19.3. The lowest BCUT2D eigenvalue weighted by Crippen LogP contribution is -2.40. The van der Waals surface area contributed by atoms with E-state index >= 15 is 0 Å². The van der Waals surface area contributed by atoms with Crippen molar-refractivity contribution in [3.8, 4) is 0 Å². The fraction of sp³-hybridized carbons (Fsp3) is 0.174. The van der Waals surface area contributed by atoms with Crippen molar-refractivity contribution >= 4 is 45.2 Å². The fourth-order valence-corrected chi connectivity index (χ4v) is 3.71. The normalized spacial score (nSPS) is 11.1. The second kappa shape index (κ2) is 9.45. The van der Waals surface area contributed by atoms with Gasteiger partial charge in [0.2, 0.25) is 0 Å². The van der Waals surface area contributed by atoms with Crippen LogP contribution in [0.1, 0.15) is 41.5 Å². The van der Waals surface area contributed by atoms with Crippen LogP contribution >= 0.6 is 27.7 Å². The van der Waals surface area contributed by atoms with Gasteiger partial charge in [0, 0.05) is 32.4 Å². The number of nitrogens with zero attached hydrogens (tertiary/aromatic N) is 1. The average Bonchev–Trinajstić information content (AvgIpc) is 2.69.